The molecule has 0 unspecified atom stereocenters. The van der Waals surface area contributed by atoms with Crippen LogP contribution in [0.25, 0.3) is 11.4 Å². The molecule has 3 rings (SSSR count). The second-order valence-corrected chi connectivity index (χ2v) is 4.83. The number of hydrogen-bond acceptors (Lipinski definition) is 5. The van der Waals surface area contributed by atoms with E-state index in [9.17, 15) is 9.59 Å². The minimum absolute atomic E-state index is 0.185. The van der Waals surface area contributed by atoms with Crippen LogP contribution in [0.4, 0.5) is 5.69 Å². The molecule has 8 heteroatoms. The van der Waals surface area contributed by atoms with Crippen LogP contribution >= 0.6 is 0 Å². The summed E-state index contributed by atoms with van der Waals surface area (Å²) in [5, 5.41) is 16.4. The molecule has 0 radical (unpaired) electrons. The predicted octanol–water partition coefficient (Wildman–Crippen LogP) is 0.669. The van der Waals surface area contributed by atoms with Crippen molar-refractivity contribution in [2.75, 3.05) is 12.4 Å². The normalized spacial score (nSPS) is 18.2. The van der Waals surface area contributed by atoms with Gasteiger partial charge in [-0.1, -0.05) is 13.0 Å². The molecule has 1 atom stereocenters. The molecule has 8 nitrogen and oxygen atoms in total. The van der Waals surface area contributed by atoms with E-state index in [4.69, 9.17) is 0 Å². The van der Waals surface area contributed by atoms with Crippen molar-refractivity contribution in [3.63, 3.8) is 0 Å². The van der Waals surface area contributed by atoms with Gasteiger partial charge in [0.1, 0.15) is 6.04 Å². The lowest BCUT2D eigenvalue weighted by Gasteiger charge is -2.22. The van der Waals surface area contributed by atoms with Crippen molar-refractivity contribution in [1.29, 1.82) is 0 Å². The number of nitrogens with zero attached hydrogens (tertiary/aromatic N) is 4. The van der Waals surface area contributed by atoms with Gasteiger partial charge in [-0.25, -0.2) is 0 Å². The summed E-state index contributed by atoms with van der Waals surface area (Å²) in [4.78, 5) is 26.1. The summed E-state index contributed by atoms with van der Waals surface area (Å²) in [6, 6.07) is 4.60. The highest BCUT2D eigenvalue weighted by Crippen LogP contribution is 2.27. The first-order chi connectivity index (χ1) is 10.1. The van der Waals surface area contributed by atoms with E-state index in [1.807, 2.05) is 6.92 Å². The molecular formula is C13H14N6O2. The van der Waals surface area contributed by atoms with Gasteiger partial charge in [0.05, 0.1) is 11.3 Å². The summed E-state index contributed by atoms with van der Waals surface area (Å²) >= 11 is 0. The molecule has 2 N–H and O–H groups in total. The number of carbonyl (C=O) groups excluding carboxylic acids is 2. The van der Waals surface area contributed by atoms with Gasteiger partial charge in [0.2, 0.25) is 11.7 Å². The third-order valence-electron chi connectivity index (χ3n) is 3.59. The van der Waals surface area contributed by atoms with Crippen molar-refractivity contribution in [2.24, 2.45) is 0 Å². The Labute approximate surface area is 120 Å². The van der Waals surface area contributed by atoms with Gasteiger partial charge >= 0.3 is 0 Å². The lowest BCUT2D eigenvalue weighted by atomic mass is 10.1. The van der Waals surface area contributed by atoms with Crippen LogP contribution in [0.2, 0.25) is 0 Å². The molecule has 21 heavy (non-hydrogen) atoms. The summed E-state index contributed by atoms with van der Waals surface area (Å²) in [6.07, 6.45) is 0.555. The Bertz CT molecular complexity index is 697. The maximum atomic E-state index is 12.4. The van der Waals surface area contributed by atoms with E-state index in [-0.39, 0.29) is 11.8 Å². The SMILES string of the molecule is CC[C@@H]1C(=O)Nc2cc(-c3nn[nH]n3)ccc2C(=O)N1C. The van der Waals surface area contributed by atoms with E-state index >= 15 is 0 Å². The number of amides is 2. The highest BCUT2D eigenvalue weighted by atomic mass is 16.2. The Kier molecular flexibility index (Phi) is 3.13. The summed E-state index contributed by atoms with van der Waals surface area (Å²) < 4.78 is 0. The van der Waals surface area contributed by atoms with Crippen molar-refractivity contribution < 1.29 is 9.59 Å². The van der Waals surface area contributed by atoms with Crippen molar-refractivity contribution in [3.8, 4) is 11.4 Å². The van der Waals surface area contributed by atoms with Gasteiger partial charge in [-0.05, 0) is 23.8 Å². The molecule has 2 amide bonds. The molecule has 0 saturated heterocycles. The molecular weight excluding hydrogens is 272 g/mol. The van der Waals surface area contributed by atoms with E-state index in [2.05, 4.69) is 25.9 Å². The maximum Gasteiger partial charge on any atom is 0.256 e. The van der Waals surface area contributed by atoms with E-state index in [1.54, 1.807) is 25.2 Å². The fraction of sp³-hybridized carbons (Fsp3) is 0.308. The monoisotopic (exact) mass is 286 g/mol. The lowest BCUT2D eigenvalue weighted by molar-refractivity contribution is -0.120. The number of H-pyrrole nitrogens is 1. The molecule has 1 aliphatic rings. The van der Waals surface area contributed by atoms with Gasteiger partial charge in [0, 0.05) is 12.6 Å². The van der Waals surface area contributed by atoms with E-state index < -0.39 is 6.04 Å². The number of hydrogen-bond donors (Lipinski definition) is 2. The third-order valence-corrected chi connectivity index (χ3v) is 3.59. The van der Waals surface area contributed by atoms with Crippen LogP contribution in [0.15, 0.2) is 18.2 Å². The first-order valence-corrected chi connectivity index (χ1v) is 6.57. The van der Waals surface area contributed by atoms with Crippen molar-refractivity contribution in [2.45, 2.75) is 19.4 Å². The number of carbonyl (C=O) groups is 2. The fourth-order valence-corrected chi connectivity index (χ4v) is 2.44. The standard InChI is InChI=1S/C13H14N6O2/c1-3-10-12(20)14-9-6-7(11-15-17-18-16-11)4-5-8(9)13(21)19(10)2/h4-6,10H,3H2,1-2H3,(H,14,20)(H,15,16,17,18)/t10-/m1/s1. The van der Waals surface area contributed by atoms with Crippen molar-refractivity contribution in [3.05, 3.63) is 23.8 Å². The second-order valence-electron chi connectivity index (χ2n) is 4.83. The number of tetrazole rings is 1. The topological polar surface area (TPSA) is 104 Å². The fourth-order valence-electron chi connectivity index (χ4n) is 2.44. The van der Waals surface area contributed by atoms with Crippen LogP contribution in [0.1, 0.15) is 23.7 Å². The second kappa shape index (κ2) is 4.97. The van der Waals surface area contributed by atoms with Crippen LogP contribution in [0.3, 0.4) is 0 Å². The highest BCUT2D eigenvalue weighted by Gasteiger charge is 2.31. The molecule has 108 valence electrons. The zero-order valence-electron chi connectivity index (χ0n) is 11.6. The lowest BCUT2D eigenvalue weighted by Crippen LogP contribution is -2.42. The van der Waals surface area contributed by atoms with Crippen LogP contribution < -0.4 is 5.32 Å². The van der Waals surface area contributed by atoms with E-state index in [0.717, 1.165) is 0 Å². The van der Waals surface area contributed by atoms with E-state index in [1.165, 1.54) is 4.90 Å². The molecule has 1 aromatic carbocycles. The minimum Gasteiger partial charge on any atom is -0.330 e. The van der Waals surface area contributed by atoms with Gasteiger partial charge in [0.15, 0.2) is 0 Å². The van der Waals surface area contributed by atoms with Crippen LogP contribution in [0, 0.1) is 0 Å². The number of benzene rings is 1. The number of likely N-dealkylation sites (N-methyl/N-ethyl adjacent to an activating group) is 1. The number of anilines is 1. The molecule has 0 fully saturated rings. The van der Waals surface area contributed by atoms with Crippen molar-refractivity contribution >= 4 is 17.5 Å². The number of nitrogens with one attached hydrogen (secondary N) is 2. The molecule has 2 heterocycles. The molecule has 0 bridgehead atoms. The minimum atomic E-state index is -0.474. The first-order valence-electron chi connectivity index (χ1n) is 6.57. The Balaban J connectivity index is 2.07. The number of fused-ring (bicyclic) bond motifs is 1. The van der Waals surface area contributed by atoms with Gasteiger partial charge < -0.3 is 10.2 Å². The zero-order chi connectivity index (χ0) is 15.0. The summed E-state index contributed by atoms with van der Waals surface area (Å²) in [5.74, 6) is 0.0244. The van der Waals surface area contributed by atoms with Crippen LogP contribution in [-0.2, 0) is 4.79 Å². The highest BCUT2D eigenvalue weighted by molar-refractivity contribution is 6.10. The molecule has 1 aliphatic heterocycles. The number of aromatic nitrogens is 4. The Morgan fingerprint density at radius 2 is 2.14 bits per heavy atom. The molecule has 1 aromatic heterocycles. The molecule has 0 saturated carbocycles. The van der Waals surface area contributed by atoms with Gasteiger partial charge in [-0.3, -0.25) is 9.59 Å². The van der Waals surface area contributed by atoms with Gasteiger partial charge in [-0.15, -0.1) is 10.2 Å². The summed E-state index contributed by atoms with van der Waals surface area (Å²) in [7, 11) is 1.64. The smallest absolute Gasteiger partial charge is 0.256 e. The summed E-state index contributed by atoms with van der Waals surface area (Å²) in [6.45, 7) is 1.87. The van der Waals surface area contributed by atoms with Gasteiger partial charge in [0.25, 0.3) is 5.91 Å². The first kappa shape index (κ1) is 13.2. The maximum absolute atomic E-state index is 12.4. The average Bonchev–Trinajstić information content (AvgIpc) is 2.98. The zero-order valence-corrected chi connectivity index (χ0v) is 11.6. The summed E-state index contributed by atoms with van der Waals surface area (Å²) in [5.41, 5.74) is 1.59. The molecule has 0 aliphatic carbocycles. The predicted molar refractivity (Wildman–Crippen MR) is 74.4 cm³/mol. The number of rotatable bonds is 2. The molecule has 2 aromatic rings. The Morgan fingerprint density at radius 3 is 2.81 bits per heavy atom. The quantitative estimate of drug-likeness (QED) is 0.844. The van der Waals surface area contributed by atoms with Gasteiger partial charge in [-0.2, -0.15) is 5.21 Å². The Hall–Kier alpha value is -2.77. The Morgan fingerprint density at radius 1 is 1.33 bits per heavy atom. The third kappa shape index (κ3) is 2.14. The largest absolute Gasteiger partial charge is 0.330 e. The van der Waals surface area contributed by atoms with Crippen LogP contribution in [-0.4, -0.2) is 50.4 Å². The number of aromatic amines is 1. The average molecular weight is 286 g/mol. The van der Waals surface area contributed by atoms with Crippen molar-refractivity contribution in [1.82, 2.24) is 25.5 Å². The molecule has 0 spiro atoms. The van der Waals surface area contributed by atoms with E-state index in [0.29, 0.717) is 29.1 Å². The van der Waals surface area contributed by atoms with Crippen LogP contribution in [0.5, 0.6) is 0 Å².